The van der Waals surface area contributed by atoms with Gasteiger partial charge in [-0.05, 0) is 55.6 Å². The van der Waals surface area contributed by atoms with Crippen molar-refractivity contribution in [1.29, 1.82) is 0 Å². The molecular weight excluding hydrogens is 328 g/mol. The SMILES string of the molecule is O=C(NCC1(C2CC2)CCC1)N1CCC(Nc2ccc3nccn3n2)C1. The van der Waals surface area contributed by atoms with E-state index in [1.165, 1.54) is 32.1 Å². The highest BCUT2D eigenvalue weighted by molar-refractivity contribution is 5.74. The van der Waals surface area contributed by atoms with Gasteiger partial charge >= 0.3 is 6.03 Å². The lowest BCUT2D eigenvalue weighted by molar-refractivity contribution is 0.0987. The number of carbonyl (C=O) groups excluding carboxylic acids is 1. The fourth-order valence-electron chi connectivity index (χ4n) is 4.58. The number of likely N-dealkylation sites (tertiary alicyclic amines) is 1. The topological polar surface area (TPSA) is 74.6 Å². The zero-order valence-corrected chi connectivity index (χ0v) is 15.0. The smallest absolute Gasteiger partial charge is 0.317 e. The Morgan fingerprint density at radius 2 is 2.15 bits per heavy atom. The maximum absolute atomic E-state index is 12.6. The van der Waals surface area contributed by atoms with Gasteiger partial charge in [0, 0.05) is 38.1 Å². The van der Waals surface area contributed by atoms with E-state index in [1.807, 2.05) is 23.2 Å². The Hall–Kier alpha value is -2.31. The van der Waals surface area contributed by atoms with E-state index in [0.29, 0.717) is 5.41 Å². The van der Waals surface area contributed by atoms with Crippen molar-refractivity contribution in [3.63, 3.8) is 0 Å². The summed E-state index contributed by atoms with van der Waals surface area (Å²) >= 11 is 0. The van der Waals surface area contributed by atoms with Gasteiger partial charge in [0.1, 0.15) is 5.82 Å². The van der Waals surface area contributed by atoms with Crippen LogP contribution in [0.4, 0.5) is 10.6 Å². The molecule has 2 aromatic heterocycles. The Kier molecular flexibility index (Phi) is 3.76. The monoisotopic (exact) mass is 354 g/mol. The number of hydrogen-bond acceptors (Lipinski definition) is 4. The molecule has 0 bridgehead atoms. The van der Waals surface area contributed by atoms with Crippen LogP contribution in [0.5, 0.6) is 0 Å². The van der Waals surface area contributed by atoms with Crippen molar-refractivity contribution < 1.29 is 4.79 Å². The molecule has 3 fully saturated rings. The van der Waals surface area contributed by atoms with E-state index in [2.05, 4.69) is 20.7 Å². The molecule has 5 rings (SSSR count). The van der Waals surface area contributed by atoms with Crippen molar-refractivity contribution in [2.45, 2.75) is 44.6 Å². The van der Waals surface area contributed by atoms with Crippen LogP contribution in [0.3, 0.4) is 0 Å². The fourth-order valence-corrected chi connectivity index (χ4v) is 4.58. The molecule has 0 radical (unpaired) electrons. The van der Waals surface area contributed by atoms with Crippen LogP contribution in [0.15, 0.2) is 24.5 Å². The van der Waals surface area contributed by atoms with Gasteiger partial charge in [-0.2, -0.15) is 0 Å². The summed E-state index contributed by atoms with van der Waals surface area (Å²) in [6.07, 6.45) is 11.2. The second kappa shape index (κ2) is 6.14. The Balaban J connectivity index is 1.14. The molecule has 7 heteroatoms. The largest absolute Gasteiger partial charge is 0.364 e. The molecule has 3 aliphatic rings. The van der Waals surface area contributed by atoms with Crippen LogP contribution in [0.2, 0.25) is 0 Å². The first-order valence-corrected chi connectivity index (χ1v) is 9.82. The van der Waals surface area contributed by atoms with Crippen molar-refractivity contribution in [2.75, 3.05) is 25.0 Å². The Morgan fingerprint density at radius 3 is 2.92 bits per heavy atom. The average Bonchev–Trinajstić information content (AvgIpc) is 3.17. The third kappa shape index (κ3) is 2.89. The van der Waals surface area contributed by atoms with Gasteiger partial charge in [-0.3, -0.25) is 0 Å². The summed E-state index contributed by atoms with van der Waals surface area (Å²) in [5.74, 6) is 1.69. The molecule has 7 nitrogen and oxygen atoms in total. The summed E-state index contributed by atoms with van der Waals surface area (Å²) < 4.78 is 1.76. The molecule has 2 aromatic rings. The summed E-state index contributed by atoms with van der Waals surface area (Å²) in [7, 11) is 0. The third-order valence-corrected chi connectivity index (χ3v) is 6.47. The first-order valence-electron chi connectivity index (χ1n) is 9.82. The molecule has 2 amide bonds. The van der Waals surface area contributed by atoms with E-state index in [-0.39, 0.29) is 12.1 Å². The zero-order chi connectivity index (χ0) is 17.6. The van der Waals surface area contributed by atoms with Crippen molar-refractivity contribution in [1.82, 2.24) is 24.8 Å². The Morgan fingerprint density at radius 1 is 1.27 bits per heavy atom. The van der Waals surface area contributed by atoms with Crippen molar-refractivity contribution in [3.8, 4) is 0 Å². The number of aromatic nitrogens is 3. The normalized spacial score (nSPS) is 24.5. The van der Waals surface area contributed by atoms with Crippen LogP contribution >= 0.6 is 0 Å². The lowest BCUT2D eigenvalue weighted by atomic mass is 9.65. The number of amides is 2. The fraction of sp³-hybridized carbons (Fsp3) is 0.632. The standard InChI is InChI=1S/C19H26N6O/c26-18(21-13-19(7-1-8-19)14-2-3-14)24-10-6-15(12-24)22-16-4-5-17-20-9-11-25(17)23-16/h4-5,9,11,14-15H,1-3,6-8,10,12-13H2,(H,21,26)(H,22,23). The van der Waals surface area contributed by atoms with Gasteiger partial charge in [-0.1, -0.05) is 6.42 Å². The van der Waals surface area contributed by atoms with E-state index in [4.69, 9.17) is 0 Å². The number of hydrogen-bond donors (Lipinski definition) is 2. The first-order chi connectivity index (χ1) is 12.7. The molecule has 1 saturated heterocycles. The minimum Gasteiger partial charge on any atom is -0.364 e. The summed E-state index contributed by atoms with van der Waals surface area (Å²) in [5.41, 5.74) is 1.26. The van der Waals surface area contributed by atoms with E-state index in [1.54, 1.807) is 10.7 Å². The molecule has 3 heterocycles. The maximum atomic E-state index is 12.6. The van der Waals surface area contributed by atoms with E-state index in [9.17, 15) is 4.79 Å². The van der Waals surface area contributed by atoms with Gasteiger partial charge < -0.3 is 15.5 Å². The zero-order valence-electron chi connectivity index (χ0n) is 15.0. The molecule has 2 N–H and O–H groups in total. The van der Waals surface area contributed by atoms with Crippen LogP contribution in [0, 0.1) is 11.3 Å². The number of anilines is 1. The Bertz CT molecular complexity index is 809. The summed E-state index contributed by atoms with van der Waals surface area (Å²) in [6, 6.07) is 4.24. The number of nitrogens with zero attached hydrogens (tertiary/aromatic N) is 4. The molecule has 138 valence electrons. The summed E-state index contributed by atoms with van der Waals surface area (Å²) in [5, 5.41) is 11.2. The number of rotatable bonds is 5. The van der Waals surface area contributed by atoms with Gasteiger partial charge in [0.2, 0.25) is 0 Å². The molecular formula is C19H26N6O. The van der Waals surface area contributed by atoms with Crippen LogP contribution in [0.25, 0.3) is 5.65 Å². The van der Waals surface area contributed by atoms with Crippen molar-refractivity contribution in [3.05, 3.63) is 24.5 Å². The summed E-state index contributed by atoms with van der Waals surface area (Å²) in [4.78, 5) is 18.7. The number of carbonyl (C=O) groups is 1. The first kappa shape index (κ1) is 15.9. The highest BCUT2D eigenvalue weighted by atomic mass is 16.2. The maximum Gasteiger partial charge on any atom is 0.317 e. The molecule has 1 unspecified atom stereocenters. The molecule has 2 saturated carbocycles. The van der Waals surface area contributed by atoms with Gasteiger partial charge in [0.15, 0.2) is 5.65 Å². The van der Waals surface area contributed by atoms with Gasteiger partial charge in [0.05, 0.1) is 0 Å². The number of imidazole rings is 1. The molecule has 26 heavy (non-hydrogen) atoms. The van der Waals surface area contributed by atoms with Crippen molar-refractivity contribution >= 4 is 17.5 Å². The predicted octanol–water partition coefficient (Wildman–Crippen LogP) is 2.51. The van der Waals surface area contributed by atoms with E-state index in [0.717, 1.165) is 43.4 Å². The highest BCUT2D eigenvalue weighted by Crippen LogP contribution is 2.56. The van der Waals surface area contributed by atoms with E-state index >= 15 is 0 Å². The number of fused-ring (bicyclic) bond motifs is 1. The van der Waals surface area contributed by atoms with E-state index < -0.39 is 0 Å². The number of nitrogens with one attached hydrogen (secondary N) is 2. The molecule has 1 atom stereocenters. The van der Waals surface area contributed by atoms with Crippen LogP contribution in [-0.4, -0.2) is 51.2 Å². The second-order valence-corrected chi connectivity index (χ2v) is 8.17. The van der Waals surface area contributed by atoms with Gasteiger partial charge in [-0.25, -0.2) is 14.3 Å². The second-order valence-electron chi connectivity index (χ2n) is 8.17. The molecule has 0 spiro atoms. The quantitative estimate of drug-likeness (QED) is 0.865. The van der Waals surface area contributed by atoms with Gasteiger partial charge in [-0.15, -0.1) is 5.10 Å². The predicted molar refractivity (Wildman–Crippen MR) is 99.0 cm³/mol. The lowest BCUT2D eigenvalue weighted by Gasteiger charge is -2.43. The highest BCUT2D eigenvalue weighted by Gasteiger charge is 2.49. The Labute approximate surface area is 153 Å². The summed E-state index contributed by atoms with van der Waals surface area (Å²) in [6.45, 7) is 2.39. The van der Waals surface area contributed by atoms with Crippen molar-refractivity contribution in [2.24, 2.45) is 11.3 Å². The van der Waals surface area contributed by atoms with Crippen LogP contribution in [0.1, 0.15) is 38.5 Å². The molecule has 1 aliphatic heterocycles. The third-order valence-electron chi connectivity index (χ3n) is 6.47. The minimum absolute atomic E-state index is 0.0965. The average molecular weight is 354 g/mol. The van der Waals surface area contributed by atoms with Gasteiger partial charge in [0.25, 0.3) is 0 Å². The van der Waals surface area contributed by atoms with Crippen LogP contribution in [-0.2, 0) is 0 Å². The lowest BCUT2D eigenvalue weighted by Crippen LogP contribution is -2.48. The van der Waals surface area contributed by atoms with Crippen LogP contribution < -0.4 is 10.6 Å². The molecule has 0 aromatic carbocycles. The molecule has 2 aliphatic carbocycles. The number of urea groups is 1. The minimum atomic E-state index is 0.0965.